The van der Waals surface area contributed by atoms with E-state index in [9.17, 15) is 9.18 Å². The van der Waals surface area contributed by atoms with Crippen molar-refractivity contribution in [1.82, 2.24) is 15.2 Å². The molecular formula is C22H26FN3O2. The van der Waals surface area contributed by atoms with Crippen LogP contribution < -0.4 is 10.1 Å². The second kappa shape index (κ2) is 7.17. The maximum atomic E-state index is 14.6. The van der Waals surface area contributed by atoms with Crippen LogP contribution in [0, 0.1) is 12.7 Å². The topological polar surface area (TPSA) is 54.5 Å². The van der Waals surface area contributed by atoms with Crippen LogP contribution in [0.3, 0.4) is 0 Å². The van der Waals surface area contributed by atoms with E-state index in [0.717, 1.165) is 42.6 Å². The number of hydrogen-bond donors (Lipinski definition) is 1. The fourth-order valence-corrected chi connectivity index (χ4v) is 4.53. The van der Waals surface area contributed by atoms with Gasteiger partial charge in [0.2, 0.25) is 5.91 Å². The summed E-state index contributed by atoms with van der Waals surface area (Å²) >= 11 is 0. The molecule has 0 saturated carbocycles. The monoisotopic (exact) mass is 383 g/mol. The van der Waals surface area contributed by atoms with Gasteiger partial charge in [-0.25, -0.2) is 4.39 Å². The van der Waals surface area contributed by atoms with E-state index >= 15 is 0 Å². The summed E-state index contributed by atoms with van der Waals surface area (Å²) in [4.78, 5) is 19.0. The zero-order valence-corrected chi connectivity index (χ0v) is 16.6. The highest BCUT2D eigenvalue weighted by molar-refractivity contribution is 5.88. The lowest BCUT2D eigenvalue weighted by Gasteiger charge is -2.24. The van der Waals surface area contributed by atoms with E-state index in [1.165, 1.54) is 6.07 Å². The Morgan fingerprint density at radius 2 is 2.14 bits per heavy atom. The van der Waals surface area contributed by atoms with E-state index in [1.54, 1.807) is 23.2 Å². The number of halogens is 1. The first kappa shape index (κ1) is 18.9. The molecule has 3 heterocycles. The van der Waals surface area contributed by atoms with Crippen LogP contribution in [0.5, 0.6) is 5.75 Å². The van der Waals surface area contributed by atoms with Gasteiger partial charge in [0.05, 0.1) is 18.3 Å². The number of rotatable bonds is 4. The quantitative estimate of drug-likeness (QED) is 0.876. The molecule has 0 bridgehead atoms. The van der Waals surface area contributed by atoms with Gasteiger partial charge in [0.25, 0.3) is 0 Å². The molecule has 5 nitrogen and oxygen atoms in total. The number of carbonyl (C=O) groups is 1. The molecule has 1 aromatic heterocycles. The van der Waals surface area contributed by atoms with Crippen LogP contribution >= 0.6 is 0 Å². The normalized spacial score (nSPS) is 24.4. The van der Waals surface area contributed by atoms with Crippen LogP contribution in [-0.4, -0.2) is 41.5 Å². The lowest BCUT2D eigenvalue weighted by atomic mass is 9.95. The van der Waals surface area contributed by atoms with Crippen molar-refractivity contribution in [2.24, 2.45) is 0 Å². The minimum atomic E-state index is -0.469. The smallest absolute Gasteiger partial charge is 0.242 e. The zero-order valence-electron chi connectivity index (χ0n) is 16.6. The van der Waals surface area contributed by atoms with Gasteiger partial charge in [-0.2, -0.15) is 0 Å². The molecule has 28 heavy (non-hydrogen) atoms. The van der Waals surface area contributed by atoms with Crippen LogP contribution in [0.15, 0.2) is 30.5 Å². The number of aromatic nitrogens is 1. The summed E-state index contributed by atoms with van der Waals surface area (Å²) in [6, 6.07) is 6.66. The Labute approximate surface area is 164 Å². The minimum Gasteiger partial charge on any atom is -0.494 e. The molecule has 0 unspecified atom stereocenters. The van der Waals surface area contributed by atoms with E-state index in [2.05, 4.69) is 10.3 Å². The van der Waals surface area contributed by atoms with E-state index < -0.39 is 5.54 Å². The largest absolute Gasteiger partial charge is 0.494 e. The Bertz CT molecular complexity index is 917. The van der Waals surface area contributed by atoms with Gasteiger partial charge in [-0.05, 0) is 68.5 Å². The molecule has 2 fully saturated rings. The molecule has 2 aromatic rings. The number of carbonyl (C=O) groups excluding carboxylic acids is 1. The van der Waals surface area contributed by atoms with Crippen LogP contribution in [0.1, 0.15) is 43.5 Å². The van der Waals surface area contributed by atoms with Crippen molar-refractivity contribution in [1.29, 1.82) is 0 Å². The number of nitrogens with one attached hydrogen (secondary N) is 1. The lowest BCUT2D eigenvalue weighted by molar-refractivity contribution is -0.131. The Kier molecular flexibility index (Phi) is 4.83. The van der Waals surface area contributed by atoms with Gasteiger partial charge < -0.3 is 9.64 Å². The number of benzene rings is 1. The number of hydrogen-bond acceptors (Lipinski definition) is 4. The molecule has 1 aromatic carbocycles. The van der Waals surface area contributed by atoms with Crippen LogP contribution in [0.4, 0.5) is 4.39 Å². The SMILES string of the molecule is CCOc1ccc(F)c(-c2ccnc([C@H]3CC[C@@]4(CCN(C)C4=O)N3)c2C)c1. The van der Waals surface area contributed by atoms with Crippen molar-refractivity contribution >= 4 is 5.91 Å². The summed E-state index contributed by atoms with van der Waals surface area (Å²) in [6.07, 6.45) is 4.20. The molecule has 2 atom stereocenters. The first-order chi connectivity index (χ1) is 13.4. The van der Waals surface area contributed by atoms with Gasteiger partial charge >= 0.3 is 0 Å². The summed E-state index contributed by atoms with van der Waals surface area (Å²) in [5, 5.41) is 3.56. The fraction of sp³-hybridized carbons (Fsp3) is 0.455. The number of nitrogens with zero attached hydrogens (tertiary/aromatic N) is 2. The highest BCUT2D eigenvalue weighted by Crippen LogP contribution is 2.41. The number of ether oxygens (including phenoxy) is 1. The molecule has 1 amide bonds. The van der Waals surface area contributed by atoms with Gasteiger partial charge in [0.1, 0.15) is 17.1 Å². The number of likely N-dealkylation sites (tertiary alicyclic amines) is 1. The van der Waals surface area contributed by atoms with Crippen molar-refractivity contribution in [2.45, 2.75) is 44.7 Å². The van der Waals surface area contributed by atoms with Gasteiger partial charge in [-0.1, -0.05) is 0 Å². The van der Waals surface area contributed by atoms with Gasteiger partial charge in [0, 0.05) is 25.4 Å². The summed E-state index contributed by atoms with van der Waals surface area (Å²) in [7, 11) is 1.85. The summed E-state index contributed by atoms with van der Waals surface area (Å²) in [5.41, 5.74) is 2.67. The first-order valence-corrected chi connectivity index (χ1v) is 9.86. The van der Waals surface area contributed by atoms with E-state index in [-0.39, 0.29) is 17.8 Å². The summed E-state index contributed by atoms with van der Waals surface area (Å²) in [5.74, 6) is 0.528. The van der Waals surface area contributed by atoms with E-state index in [0.29, 0.717) is 17.9 Å². The van der Waals surface area contributed by atoms with Gasteiger partial charge in [-0.15, -0.1) is 0 Å². The first-order valence-electron chi connectivity index (χ1n) is 9.86. The predicted molar refractivity (Wildman–Crippen MR) is 106 cm³/mol. The third kappa shape index (κ3) is 3.05. The standard InChI is InChI=1S/C22H26FN3O2/c1-4-28-15-5-6-18(23)17(13-15)16-8-11-24-20(14(16)2)19-7-9-22(25-19)10-12-26(3)21(22)27/h5-6,8,11,13,19,25H,4,7,9-10,12H2,1-3H3/t19-,22+/m1/s1. The van der Waals surface area contributed by atoms with Crippen molar-refractivity contribution in [3.63, 3.8) is 0 Å². The molecule has 0 aliphatic carbocycles. The second-order valence-electron chi connectivity index (χ2n) is 7.74. The molecule has 2 aliphatic heterocycles. The highest BCUT2D eigenvalue weighted by atomic mass is 19.1. The fourth-order valence-electron chi connectivity index (χ4n) is 4.53. The summed E-state index contributed by atoms with van der Waals surface area (Å²) < 4.78 is 20.1. The molecule has 6 heteroatoms. The van der Waals surface area contributed by atoms with Crippen LogP contribution in [-0.2, 0) is 4.79 Å². The average Bonchev–Trinajstić information content (AvgIpc) is 3.24. The molecular weight excluding hydrogens is 357 g/mol. The maximum Gasteiger partial charge on any atom is 0.242 e. The minimum absolute atomic E-state index is 0.00599. The zero-order chi connectivity index (χ0) is 19.9. The van der Waals surface area contributed by atoms with Gasteiger partial charge in [-0.3, -0.25) is 15.1 Å². The third-order valence-corrected chi connectivity index (χ3v) is 6.05. The predicted octanol–water partition coefficient (Wildman–Crippen LogP) is 3.62. The highest BCUT2D eigenvalue weighted by Gasteiger charge is 2.50. The molecule has 4 rings (SSSR count). The third-order valence-electron chi connectivity index (χ3n) is 6.05. The summed E-state index contributed by atoms with van der Waals surface area (Å²) in [6.45, 7) is 5.19. The Balaban J connectivity index is 1.67. The maximum absolute atomic E-state index is 14.6. The van der Waals surface area contributed by atoms with Crippen LogP contribution in [0.2, 0.25) is 0 Å². The van der Waals surface area contributed by atoms with Crippen molar-refractivity contribution in [3.05, 3.63) is 47.5 Å². The van der Waals surface area contributed by atoms with Crippen molar-refractivity contribution < 1.29 is 13.9 Å². The number of pyridine rings is 1. The average molecular weight is 383 g/mol. The molecule has 2 aliphatic rings. The Morgan fingerprint density at radius 3 is 2.86 bits per heavy atom. The van der Waals surface area contributed by atoms with E-state index in [4.69, 9.17) is 4.74 Å². The Hall–Kier alpha value is -2.47. The molecule has 148 valence electrons. The van der Waals surface area contributed by atoms with E-state index in [1.807, 2.05) is 27.0 Å². The number of amides is 1. The van der Waals surface area contributed by atoms with Crippen molar-refractivity contribution in [3.8, 4) is 16.9 Å². The molecule has 0 radical (unpaired) electrons. The van der Waals surface area contributed by atoms with Crippen LogP contribution in [0.25, 0.3) is 11.1 Å². The molecule has 2 saturated heterocycles. The second-order valence-corrected chi connectivity index (χ2v) is 7.74. The molecule has 1 N–H and O–H groups in total. The number of likely N-dealkylation sites (N-methyl/N-ethyl adjacent to an activating group) is 1. The van der Waals surface area contributed by atoms with Gasteiger partial charge in [0.15, 0.2) is 0 Å². The van der Waals surface area contributed by atoms with Crippen molar-refractivity contribution in [2.75, 3.05) is 20.2 Å². The Morgan fingerprint density at radius 1 is 1.32 bits per heavy atom. The molecule has 1 spiro atoms. The lowest BCUT2D eigenvalue weighted by Crippen LogP contribution is -2.47.